The molecule has 0 unspecified atom stereocenters. The van der Waals surface area contributed by atoms with Crippen molar-refractivity contribution in [1.82, 2.24) is 24.4 Å². The van der Waals surface area contributed by atoms with Gasteiger partial charge in [0.25, 0.3) is 0 Å². The number of ether oxygens (including phenoxy) is 1. The van der Waals surface area contributed by atoms with E-state index < -0.39 is 28.4 Å². The van der Waals surface area contributed by atoms with Gasteiger partial charge in [-0.25, -0.2) is 17.5 Å². The van der Waals surface area contributed by atoms with Crippen molar-refractivity contribution in [2.24, 2.45) is 0 Å². The minimum Gasteiger partial charge on any atom is -0.465 e. The van der Waals surface area contributed by atoms with Gasteiger partial charge in [0, 0.05) is 19.8 Å². The first kappa shape index (κ1) is 21.5. The van der Waals surface area contributed by atoms with Gasteiger partial charge in [0.2, 0.25) is 15.8 Å². The van der Waals surface area contributed by atoms with Crippen LogP contribution in [0.2, 0.25) is 0 Å². The van der Waals surface area contributed by atoms with Crippen LogP contribution in [0.25, 0.3) is 11.0 Å². The fraction of sp³-hybridized carbons (Fsp3) is 0.333. The molecular formula is C18H21N5O6S. The molecule has 0 saturated carbocycles. The summed E-state index contributed by atoms with van der Waals surface area (Å²) < 4.78 is 30.5. The van der Waals surface area contributed by atoms with Gasteiger partial charge < -0.3 is 14.6 Å². The number of sulfonamides is 1. The molecule has 0 aliphatic carbocycles. The minimum absolute atomic E-state index is 0.0389. The molecule has 12 heteroatoms. The van der Waals surface area contributed by atoms with Crippen LogP contribution in [-0.4, -0.2) is 72.4 Å². The second-order valence-electron chi connectivity index (χ2n) is 6.71. The number of carbonyl (C=O) groups is 2. The van der Waals surface area contributed by atoms with Gasteiger partial charge in [0.05, 0.1) is 23.3 Å². The van der Waals surface area contributed by atoms with Crippen LogP contribution >= 0.6 is 0 Å². The molecule has 0 bridgehead atoms. The number of Topliss-reactive ketones (excluding diaryl/α,β-unsaturated/α-hetero) is 1. The van der Waals surface area contributed by atoms with E-state index in [0.29, 0.717) is 27.9 Å². The maximum absolute atomic E-state index is 12.6. The van der Waals surface area contributed by atoms with Gasteiger partial charge in [-0.2, -0.15) is 0 Å². The standard InChI is InChI=1S/C18H21N5O6S/c1-10-16(18(25)28-5)11(2)19-17(10)15(24)9-29-23-14-8-12(30(26,27)22(3)4)6-7-13(14)20-21-23/h6-8,19H,9H2,1-5H3. The molecule has 11 nitrogen and oxygen atoms in total. The molecule has 0 amide bonds. The highest BCUT2D eigenvalue weighted by atomic mass is 32.2. The highest BCUT2D eigenvalue weighted by molar-refractivity contribution is 7.89. The third-order valence-corrected chi connectivity index (χ3v) is 6.40. The highest BCUT2D eigenvalue weighted by Gasteiger charge is 2.23. The zero-order valence-electron chi connectivity index (χ0n) is 17.1. The molecule has 0 aliphatic rings. The molecule has 160 valence electrons. The second-order valence-corrected chi connectivity index (χ2v) is 8.87. The molecule has 2 heterocycles. The summed E-state index contributed by atoms with van der Waals surface area (Å²) in [5, 5.41) is 7.72. The third kappa shape index (κ3) is 3.66. The average molecular weight is 435 g/mol. The quantitative estimate of drug-likeness (QED) is 0.424. The fourth-order valence-electron chi connectivity index (χ4n) is 2.97. The van der Waals surface area contributed by atoms with Crippen molar-refractivity contribution in [3.8, 4) is 0 Å². The SMILES string of the molecule is COC(=O)c1c(C)[nH]c(C(=O)COn2nnc3ccc(S(=O)(=O)N(C)C)cc32)c1C. The number of methoxy groups -OCH3 is 1. The van der Waals surface area contributed by atoms with Gasteiger partial charge >= 0.3 is 5.97 Å². The van der Waals surface area contributed by atoms with Crippen LogP contribution < -0.4 is 4.84 Å². The molecule has 0 radical (unpaired) electrons. The molecule has 0 aliphatic heterocycles. The first-order valence-corrected chi connectivity index (χ1v) is 10.2. The van der Waals surface area contributed by atoms with Crippen LogP contribution in [0.15, 0.2) is 23.1 Å². The zero-order chi connectivity index (χ0) is 22.2. The first-order valence-electron chi connectivity index (χ1n) is 8.80. The molecule has 30 heavy (non-hydrogen) atoms. The largest absolute Gasteiger partial charge is 0.465 e. The number of hydrogen-bond donors (Lipinski definition) is 1. The Morgan fingerprint density at radius 1 is 1.23 bits per heavy atom. The lowest BCUT2D eigenvalue weighted by molar-refractivity contribution is 0.0599. The summed E-state index contributed by atoms with van der Waals surface area (Å²) in [4.78, 5) is 33.9. The molecule has 1 N–H and O–H groups in total. The van der Waals surface area contributed by atoms with Crippen molar-refractivity contribution >= 4 is 32.8 Å². The average Bonchev–Trinajstić information content (AvgIpc) is 3.25. The third-order valence-electron chi connectivity index (χ3n) is 4.59. The van der Waals surface area contributed by atoms with E-state index in [0.717, 1.165) is 9.15 Å². The zero-order valence-corrected chi connectivity index (χ0v) is 17.9. The maximum Gasteiger partial charge on any atom is 0.339 e. The second kappa shape index (κ2) is 7.88. The van der Waals surface area contributed by atoms with Crippen molar-refractivity contribution < 1.29 is 27.6 Å². The molecule has 3 aromatic rings. The van der Waals surface area contributed by atoms with E-state index in [2.05, 4.69) is 15.3 Å². The van der Waals surface area contributed by atoms with E-state index >= 15 is 0 Å². The van der Waals surface area contributed by atoms with Crippen LogP contribution in [0.4, 0.5) is 0 Å². The Balaban J connectivity index is 1.86. The lowest BCUT2D eigenvalue weighted by atomic mass is 10.1. The summed E-state index contributed by atoms with van der Waals surface area (Å²) in [6.45, 7) is 2.88. The number of ketones is 1. The smallest absolute Gasteiger partial charge is 0.339 e. The Kier molecular flexibility index (Phi) is 5.63. The molecule has 2 aromatic heterocycles. The van der Waals surface area contributed by atoms with Gasteiger partial charge in [0.15, 0.2) is 6.61 Å². The van der Waals surface area contributed by atoms with Crippen molar-refractivity contribution in [3.05, 3.63) is 40.7 Å². The number of hydrogen-bond acceptors (Lipinski definition) is 8. The van der Waals surface area contributed by atoms with Crippen molar-refractivity contribution in [1.29, 1.82) is 0 Å². The Morgan fingerprint density at radius 2 is 1.93 bits per heavy atom. The fourth-order valence-corrected chi connectivity index (χ4v) is 3.90. The predicted octanol–water partition coefficient (Wildman–Crippen LogP) is 0.725. The highest BCUT2D eigenvalue weighted by Crippen LogP contribution is 2.20. The summed E-state index contributed by atoms with van der Waals surface area (Å²) in [7, 11) is 0.449. The molecule has 0 atom stereocenters. The number of benzene rings is 1. The number of aromatic amines is 1. The van der Waals surface area contributed by atoms with Gasteiger partial charge in [-0.1, -0.05) is 4.85 Å². The topological polar surface area (TPSA) is 136 Å². The number of fused-ring (bicyclic) bond motifs is 1. The van der Waals surface area contributed by atoms with Crippen LogP contribution in [0.3, 0.4) is 0 Å². The molecule has 1 aromatic carbocycles. The lowest BCUT2D eigenvalue weighted by Crippen LogP contribution is -2.23. The van der Waals surface area contributed by atoms with Crippen LogP contribution in [0.1, 0.15) is 32.1 Å². The molecule has 0 saturated heterocycles. The van der Waals surface area contributed by atoms with E-state index in [4.69, 9.17) is 9.57 Å². The summed E-state index contributed by atoms with van der Waals surface area (Å²) in [5.41, 5.74) is 2.17. The van der Waals surface area contributed by atoms with Crippen molar-refractivity contribution in [2.75, 3.05) is 27.8 Å². The molecule has 0 spiro atoms. The summed E-state index contributed by atoms with van der Waals surface area (Å²) in [6.07, 6.45) is 0. The number of aromatic nitrogens is 4. The van der Waals surface area contributed by atoms with E-state index in [9.17, 15) is 18.0 Å². The summed E-state index contributed by atoms with van der Waals surface area (Å²) in [6, 6.07) is 4.29. The number of esters is 1. The van der Waals surface area contributed by atoms with Crippen LogP contribution in [-0.2, 0) is 14.8 Å². The van der Waals surface area contributed by atoms with Gasteiger partial charge in [0.1, 0.15) is 11.0 Å². The van der Waals surface area contributed by atoms with Crippen LogP contribution in [0, 0.1) is 13.8 Å². The molecule has 0 fully saturated rings. The first-order chi connectivity index (χ1) is 14.1. The Hall–Kier alpha value is -3.25. The molecule has 3 rings (SSSR count). The number of aryl methyl sites for hydroxylation is 1. The number of carbonyl (C=O) groups excluding carboxylic acids is 2. The van der Waals surface area contributed by atoms with Gasteiger partial charge in [-0.05, 0) is 42.8 Å². The van der Waals surface area contributed by atoms with Crippen molar-refractivity contribution in [3.63, 3.8) is 0 Å². The Bertz CT molecular complexity index is 1240. The Labute approximate surface area is 172 Å². The maximum atomic E-state index is 12.6. The Morgan fingerprint density at radius 3 is 2.57 bits per heavy atom. The molecular weight excluding hydrogens is 414 g/mol. The van der Waals surface area contributed by atoms with Gasteiger partial charge in [-0.15, -0.1) is 5.10 Å². The number of nitrogens with zero attached hydrogens (tertiary/aromatic N) is 4. The monoisotopic (exact) mass is 435 g/mol. The van der Waals surface area contributed by atoms with Crippen molar-refractivity contribution in [2.45, 2.75) is 18.7 Å². The predicted molar refractivity (Wildman–Crippen MR) is 106 cm³/mol. The van der Waals surface area contributed by atoms with E-state index in [1.807, 2.05) is 0 Å². The van der Waals surface area contributed by atoms with E-state index in [1.54, 1.807) is 13.8 Å². The van der Waals surface area contributed by atoms with Crippen LogP contribution in [0.5, 0.6) is 0 Å². The summed E-state index contributed by atoms with van der Waals surface area (Å²) >= 11 is 0. The normalized spacial score (nSPS) is 11.8. The van der Waals surface area contributed by atoms with E-state index in [-0.39, 0.29) is 10.6 Å². The number of nitrogens with one attached hydrogen (secondary N) is 1. The number of rotatable bonds is 7. The van der Waals surface area contributed by atoms with Gasteiger partial charge in [-0.3, -0.25) is 4.79 Å². The summed E-state index contributed by atoms with van der Waals surface area (Å²) in [5.74, 6) is -0.968. The van der Waals surface area contributed by atoms with E-state index in [1.165, 1.54) is 39.4 Å². The number of H-pyrrole nitrogens is 1. The minimum atomic E-state index is -3.66. The lowest BCUT2D eigenvalue weighted by Gasteiger charge is -2.11.